The van der Waals surface area contributed by atoms with Crippen molar-refractivity contribution in [2.24, 2.45) is 0 Å². The topological polar surface area (TPSA) is 56.2 Å². The van der Waals surface area contributed by atoms with Crippen molar-refractivity contribution in [3.8, 4) is 5.75 Å². The predicted molar refractivity (Wildman–Crippen MR) is 98.8 cm³/mol. The average molecular weight is 348 g/mol. The lowest BCUT2D eigenvalue weighted by molar-refractivity contribution is 0.0267. The number of hydrogen-bond donors (Lipinski definition) is 2. The van der Waals surface area contributed by atoms with Crippen LogP contribution in [0.2, 0.25) is 0 Å². The Morgan fingerprint density at radius 2 is 1.76 bits per heavy atom. The van der Waals surface area contributed by atoms with Crippen molar-refractivity contribution in [2.45, 2.75) is 50.7 Å². The molecule has 1 aliphatic heterocycles. The molecule has 2 fully saturated rings. The summed E-state index contributed by atoms with van der Waals surface area (Å²) in [5.74, 6) is 0.807. The van der Waals surface area contributed by atoms with Gasteiger partial charge in [0.05, 0.1) is 6.61 Å². The van der Waals surface area contributed by atoms with E-state index in [1.165, 1.54) is 31.2 Å². The highest BCUT2D eigenvalue weighted by atomic mass is 16.5. The molecule has 2 N–H and O–H groups in total. The molecular weight excluding hydrogens is 316 g/mol. The summed E-state index contributed by atoms with van der Waals surface area (Å²) in [6.07, 6.45) is 6.26. The summed E-state index contributed by atoms with van der Waals surface area (Å²) in [4.78, 5) is 5.18. The first kappa shape index (κ1) is 18.6. The number of aliphatic hydroxyl groups excluding tert-OH is 2. The lowest BCUT2D eigenvalue weighted by Gasteiger charge is -2.44. The van der Waals surface area contributed by atoms with Gasteiger partial charge in [-0.25, -0.2) is 0 Å². The van der Waals surface area contributed by atoms with E-state index in [4.69, 9.17) is 9.84 Å². The molecule has 0 radical (unpaired) electrons. The normalized spacial score (nSPS) is 23.2. The molecule has 1 aliphatic carbocycles. The molecule has 1 saturated carbocycles. The van der Waals surface area contributed by atoms with E-state index in [9.17, 15) is 5.11 Å². The van der Waals surface area contributed by atoms with Crippen molar-refractivity contribution in [2.75, 3.05) is 39.5 Å². The fourth-order valence-electron chi connectivity index (χ4n) is 4.31. The molecule has 5 heteroatoms. The first-order valence-electron chi connectivity index (χ1n) is 9.71. The van der Waals surface area contributed by atoms with Crippen LogP contribution in [-0.4, -0.2) is 71.6 Å². The number of rotatable bonds is 8. The van der Waals surface area contributed by atoms with Crippen LogP contribution in [0.5, 0.6) is 5.75 Å². The minimum atomic E-state index is 0.0409. The maximum absolute atomic E-state index is 9.48. The minimum absolute atomic E-state index is 0.0409. The van der Waals surface area contributed by atoms with Crippen LogP contribution < -0.4 is 4.74 Å². The highest BCUT2D eigenvalue weighted by Gasteiger charge is 2.32. The van der Waals surface area contributed by atoms with E-state index in [1.807, 2.05) is 12.1 Å². The minimum Gasteiger partial charge on any atom is -0.491 e. The van der Waals surface area contributed by atoms with E-state index in [-0.39, 0.29) is 13.2 Å². The largest absolute Gasteiger partial charge is 0.491 e. The molecule has 0 unspecified atom stereocenters. The van der Waals surface area contributed by atoms with Gasteiger partial charge in [-0.3, -0.25) is 9.80 Å². The monoisotopic (exact) mass is 348 g/mol. The second kappa shape index (κ2) is 9.53. The van der Waals surface area contributed by atoms with Gasteiger partial charge in [-0.15, -0.1) is 0 Å². The number of piperazine rings is 1. The molecule has 1 saturated heterocycles. The Labute approximate surface area is 151 Å². The maximum Gasteiger partial charge on any atom is 0.119 e. The lowest BCUT2D eigenvalue weighted by Crippen LogP contribution is -2.55. The second-order valence-electron chi connectivity index (χ2n) is 7.29. The Balaban J connectivity index is 1.54. The zero-order valence-corrected chi connectivity index (χ0v) is 15.1. The van der Waals surface area contributed by atoms with Crippen LogP contribution in [0.1, 0.15) is 37.7 Å². The first-order chi connectivity index (χ1) is 12.3. The number of benzene rings is 1. The van der Waals surface area contributed by atoms with Gasteiger partial charge in [0.15, 0.2) is 0 Å². The Morgan fingerprint density at radius 1 is 1.00 bits per heavy atom. The smallest absolute Gasteiger partial charge is 0.119 e. The maximum atomic E-state index is 9.48. The van der Waals surface area contributed by atoms with E-state index < -0.39 is 0 Å². The van der Waals surface area contributed by atoms with Crippen LogP contribution >= 0.6 is 0 Å². The van der Waals surface area contributed by atoms with Crippen molar-refractivity contribution < 1.29 is 14.9 Å². The number of ether oxygens (including phenoxy) is 1. The third-order valence-electron chi connectivity index (χ3n) is 5.56. The van der Waals surface area contributed by atoms with Crippen LogP contribution in [0.3, 0.4) is 0 Å². The van der Waals surface area contributed by atoms with Gasteiger partial charge >= 0.3 is 0 Å². The third kappa shape index (κ3) is 5.17. The number of nitrogens with zero attached hydrogens (tertiary/aromatic N) is 2. The first-order valence-corrected chi connectivity index (χ1v) is 9.71. The zero-order chi connectivity index (χ0) is 17.5. The molecular formula is C20H32N2O3. The van der Waals surface area contributed by atoms with Gasteiger partial charge in [-0.05, 0) is 37.0 Å². The zero-order valence-electron chi connectivity index (χ0n) is 15.1. The summed E-state index contributed by atoms with van der Waals surface area (Å²) in [5, 5.41) is 18.3. The van der Waals surface area contributed by atoms with E-state index in [0.717, 1.165) is 44.4 Å². The Bertz CT molecular complexity index is 502. The van der Waals surface area contributed by atoms with Gasteiger partial charge < -0.3 is 14.9 Å². The van der Waals surface area contributed by atoms with E-state index >= 15 is 0 Å². The van der Waals surface area contributed by atoms with E-state index in [2.05, 4.69) is 21.9 Å². The van der Waals surface area contributed by atoms with Gasteiger partial charge in [0, 0.05) is 44.9 Å². The highest BCUT2D eigenvalue weighted by Crippen LogP contribution is 2.28. The molecule has 25 heavy (non-hydrogen) atoms. The fourth-order valence-corrected chi connectivity index (χ4v) is 4.31. The Kier molecular flexibility index (Phi) is 7.11. The molecule has 3 rings (SSSR count). The quantitative estimate of drug-likeness (QED) is 0.751. The van der Waals surface area contributed by atoms with Gasteiger partial charge in [-0.1, -0.05) is 25.0 Å². The van der Waals surface area contributed by atoms with Crippen LogP contribution in [0.25, 0.3) is 0 Å². The number of aliphatic hydroxyl groups is 2. The summed E-state index contributed by atoms with van der Waals surface area (Å²) in [6.45, 7) is 4.86. The van der Waals surface area contributed by atoms with Crippen molar-refractivity contribution in [1.82, 2.24) is 9.80 Å². The summed E-state index contributed by atoms with van der Waals surface area (Å²) >= 11 is 0. The standard InChI is InChI=1S/C20H32N2O3/c23-12-9-19-16-21(10-11-22(19)18-3-1-2-4-18)15-17-5-7-20(8-6-17)25-14-13-24/h5-8,18-19,23-24H,1-4,9-16H2/t19-/m0/s1. The fraction of sp³-hybridized carbons (Fsp3) is 0.700. The van der Waals surface area contributed by atoms with Crippen molar-refractivity contribution in [1.29, 1.82) is 0 Å². The molecule has 5 nitrogen and oxygen atoms in total. The molecule has 1 aromatic rings. The SMILES string of the molecule is OCCOc1ccc(CN2CCN(C3CCCC3)[C@@H](CCO)C2)cc1. The molecule has 1 atom stereocenters. The van der Waals surface area contributed by atoms with Gasteiger partial charge in [0.25, 0.3) is 0 Å². The van der Waals surface area contributed by atoms with Crippen molar-refractivity contribution in [3.05, 3.63) is 29.8 Å². The van der Waals surface area contributed by atoms with E-state index in [1.54, 1.807) is 0 Å². The van der Waals surface area contributed by atoms with Gasteiger partial charge in [-0.2, -0.15) is 0 Å². The van der Waals surface area contributed by atoms with Crippen LogP contribution in [0.15, 0.2) is 24.3 Å². The molecule has 0 bridgehead atoms. The van der Waals surface area contributed by atoms with Crippen LogP contribution in [0, 0.1) is 0 Å². The molecule has 0 amide bonds. The molecule has 140 valence electrons. The molecule has 2 aliphatic rings. The van der Waals surface area contributed by atoms with Crippen molar-refractivity contribution in [3.63, 3.8) is 0 Å². The highest BCUT2D eigenvalue weighted by molar-refractivity contribution is 5.27. The Morgan fingerprint density at radius 3 is 2.44 bits per heavy atom. The number of hydrogen-bond acceptors (Lipinski definition) is 5. The molecule has 0 aromatic heterocycles. The molecule has 0 spiro atoms. The van der Waals surface area contributed by atoms with E-state index in [0.29, 0.717) is 12.6 Å². The third-order valence-corrected chi connectivity index (χ3v) is 5.56. The summed E-state index contributed by atoms with van der Waals surface area (Å²) in [6, 6.07) is 9.39. The summed E-state index contributed by atoms with van der Waals surface area (Å²) < 4.78 is 5.42. The van der Waals surface area contributed by atoms with Crippen LogP contribution in [0.4, 0.5) is 0 Å². The Hall–Kier alpha value is -1.14. The van der Waals surface area contributed by atoms with Gasteiger partial charge in [0.1, 0.15) is 12.4 Å². The summed E-state index contributed by atoms with van der Waals surface area (Å²) in [7, 11) is 0. The lowest BCUT2D eigenvalue weighted by atomic mass is 10.0. The van der Waals surface area contributed by atoms with Crippen molar-refractivity contribution >= 4 is 0 Å². The second-order valence-corrected chi connectivity index (χ2v) is 7.29. The molecule has 1 heterocycles. The summed E-state index contributed by atoms with van der Waals surface area (Å²) in [5.41, 5.74) is 1.29. The van der Waals surface area contributed by atoms with Gasteiger partial charge in [0.2, 0.25) is 0 Å². The molecule has 1 aromatic carbocycles. The average Bonchev–Trinajstić information content (AvgIpc) is 3.16. The van der Waals surface area contributed by atoms with Crippen LogP contribution in [-0.2, 0) is 6.54 Å². The predicted octanol–water partition coefficient (Wildman–Crippen LogP) is 1.87.